The normalized spacial score (nSPS) is 9.08. The van der Waals surface area contributed by atoms with E-state index in [9.17, 15) is 0 Å². The molecule has 0 aromatic carbocycles. The fraction of sp³-hybridized carbons (Fsp3) is 0.889. The first-order chi connectivity index (χ1) is 6.41. The van der Waals surface area contributed by atoms with Gasteiger partial charge in [0.25, 0.3) is 0 Å². The van der Waals surface area contributed by atoms with Crippen LogP contribution in [0.1, 0.15) is 19.8 Å². The Kier molecular flexibility index (Phi) is 20.3. The third-order valence-corrected chi connectivity index (χ3v) is 1.25. The number of aliphatic hydroxyl groups excluding tert-OH is 1. The van der Waals surface area contributed by atoms with Crippen LogP contribution < -0.4 is 0 Å². The number of hydrogen-bond donors (Lipinski definition) is 1. The van der Waals surface area contributed by atoms with E-state index >= 15 is 0 Å². The van der Waals surface area contributed by atoms with Crippen molar-refractivity contribution in [3.63, 3.8) is 0 Å². The molecule has 0 spiro atoms. The van der Waals surface area contributed by atoms with Crippen LogP contribution in [0, 0.1) is 0 Å². The molecular formula is C9H20O4. The van der Waals surface area contributed by atoms with E-state index in [-0.39, 0.29) is 6.61 Å². The summed E-state index contributed by atoms with van der Waals surface area (Å²) in [5, 5.41) is 8.34. The lowest BCUT2D eigenvalue weighted by Crippen LogP contribution is -2.07. The smallest absolute Gasteiger partial charge is 0.106 e. The summed E-state index contributed by atoms with van der Waals surface area (Å²) in [6, 6.07) is 0. The lowest BCUT2D eigenvalue weighted by atomic mass is 10.4. The van der Waals surface area contributed by atoms with Crippen LogP contribution in [0.2, 0.25) is 0 Å². The van der Waals surface area contributed by atoms with E-state index in [4.69, 9.17) is 19.4 Å². The first kappa shape index (κ1) is 15.0. The summed E-state index contributed by atoms with van der Waals surface area (Å²) in [5.74, 6) is 0. The first-order valence-electron chi connectivity index (χ1n) is 4.47. The Morgan fingerprint density at radius 3 is 2.08 bits per heavy atom. The van der Waals surface area contributed by atoms with Gasteiger partial charge in [-0.25, -0.2) is 0 Å². The number of ether oxygens (including phenoxy) is 2. The molecule has 0 rings (SSSR count). The van der Waals surface area contributed by atoms with Gasteiger partial charge in [0, 0.05) is 6.61 Å². The standard InChI is InChI=1S/C8H18O3.CH2O/c1-2-3-5-10-7-8-11-6-4-9;1-2/h9H,2-8H2,1H3;1H2. The topological polar surface area (TPSA) is 55.8 Å². The van der Waals surface area contributed by atoms with Gasteiger partial charge in [-0.3, -0.25) is 0 Å². The molecule has 0 fully saturated rings. The van der Waals surface area contributed by atoms with Gasteiger partial charge < -0.3 is 19.4 Å². The zero-order valence-electron chi connectivity index (χ0n) is 8.33. The van der Waals surface area contributed by atoms with Crippen LogP contribution >= 0.6 is 0 Å². The first-order valence-corrected chi connectivity index (χ1v) is 4.47. The summed E-state index contributed by atoms with van der Waals surface area (Å²) in [4.78, 5) is 8.00. The maximum absolute atomic E-state index is 8.34. The number of aliphatic hydroxyl groups is 1. The molecule has 13 heavy (non-hydrogen) atoms. The van der Waals surface area contributed by atoms with Crippen molar-refractivity contribution in [1.82, 2.24) is 0 Å². The minimum Gasteiger partial charge on any atom is -0.394 e. The Morgan fingerprint density at radius 2 is 1.62 bits per heavy atom. The van der Waals surface area contributed by atoms with Crippen molar-refractivity contribution >= 4 is 6.79 Å². The molecular weight excluding hydrogens is 172 g/mol. The SMILES string of the molecule is C=O.CCCCOCCOCCO. The molecule has 0 unspecified atom stereocenters. The van der Waals surface area contributed by atoms with E-state index < -0.39 is 0 Å². The van der Waals surface area contributed by atoms with E-state index in [2.05, 4.69) is 6.92 Å². The molecule has 0 aromatic rings. The quantitative estimate of drug-likeness (QED) is 0.573. The summed E-state index contributed by atoms with van der Waals surface area (Å²) in [5.41, 5.74) is 0. The van der Waals surface area contributed by atoms with Crippen molar-refractivity contribution < 1.29 is 19.4 Å². The molecule has 1 N–H and O–H groups in total. The number of unbranched alkanes of at least 4 members (excludes halogenated alkanes) is 1. The van der Waals surface area contributed by atoms with Crippen LogP contribution in [0.3, 0.4) is 0 Å². The van der Waals surface area contributed by atoms with Crippen molar-refractivity contribution in [2.75, 3.05) is 33.0 Å². The molecule has 0 aliphatic heterocycles. The fourth-order valence-electron chi connectivity index (χ4n) is 0.633. The monoisotopic (exact) mass is 192 g/mol. The molecule has 0 bridgehead atoms. The average molecular weight is 192 g/mol. The lowest BCUT2D eigenvalue weighted by Gasteiger charge is -2.02. The Hall–Kier alpha value is -0.450. The van der Waals surface area contributed by atoms with Gasteiger partial charge in [0.2, 0.25) is 0 Å². The molecule has 0 atom stereocenters. The highest BCUT2D eigenvalue weighted by molar-refractivity contribution is 5.10. The molecule has 80 valence electrons. The van der Waals surface area contributed by atoms with Crippen molar-refractivity contribution in [2.45, 2.75) is 19.8 Å². The molecule has 0 saturated carbocycles. The number of carbonyl (C=O) groups excluding carboxylic acids is 1. The minimum absolute atomic E-state index is 0.0922. The number of hydrogen-bond acceptors (Lipinski definition) is 4. The molecule has 0 aliphatic carbocycles. The van der Waals surface area contributed by atoms with Crippen LogP contribution in [0.25, 0.3) is 0 Å². The number of carbonyl (C=O) groups is 1. The molecule has 0 radical (unpaired) electrons. The molecule has 4 nitrogen and oxygen atoms in total. The predicted molar refractivity (Wildman–Crippen MR) is 50.8 cm³/mol. The molecule has 0 saturated heterocycles. The highest BCUT2D eigenvalue weighted by atomic mass is 16.5. The second-order valence-corrected chi connectivity index (χ2v) is 2.30. The third kappa shape index (κ3) is 18.5. The van der Waals surface area contributed by atoms with Gasteiger partial charge in [-0.2, -0.15) is 0 Å². The van der Waals surface area contributed by atoms with Crippen molar-refractivity contribution in [1.29, 1.82) is 0 Å². The molecule has 0 aromatic heterocycles. The van der Waals surface area contributed by atoms with Crippen molar-refractivity contribution in [3.8, 4) is 0 Å². The van der Waals surface area contributed by atoms with Crippen LogP contribution in [0.15, 0.2) is 0 Å². The van der Waals surface area contributed by atoms with E-state index in [1.165, 1.54) is 0 Å². The maximum Gasteiger partial charge on any atom is 0.106 e. The summed E-state index contributed by atoms with van der Waals surface area (Å²) in [7, 11) is 0. The van der Waals surface area contributed by atoms with Gasteiger partial charge in [-0.15, -0.1) is 0 Å². The van der Waals surface area contributed by atoms with Gasteiger partial charge in [-0.1, -0.05) is 13.3 Å². The van der Waals surface area contributed by atoms with E-state index in [1.807, 2.05) is 6.79 Å². The maximum atomic E-state index is 8.34. The van der Waals surface area contributed by atoms with Gasteiger partial charge in [0.15, 0.2) is 0 Å². The van der Waals surface area contributed by atoms with Gasteiger partial charge >= 0.3 is 0 Å². The highest BCUT2D eigenvalue weighted by Gasteiger charge is 1.87. The molecule has 0 aliphatic rings. The summed E-state index contributed by atoms with van der Waals surface area (Å²) < 4.78 is 10.2. The van der Waals surface area contributed by atoms with Crippen LogP contribution in [0.5, 0.6) is 0 Å². The highest BCUT2D eigenvalue weighted by Crippen LogP contribution is 1.87. The summed E-state index contributed by atoms with van der Waals surface area (Å²) in [6.45, 7) is 6.68. The second-order valence-electron chi connectivity index (χ2n) is 2.30. The van der Waals surface area contributed by atoms with Gasteiger partial charge in [-0.05, 0) is 6.42 Å². The molecule has 4 heteroatoms. The summed E-state index contributed by atoms with van der Waals surface area (Å²) in [6.07, 6.45) is 2.28. The Balaban J connectivity index is 0. The van der Waals surface area contributed by atoms with Gasteiger partial charge in [0.1, 0.15) is 6.79 Å². The van der Waals surface area contributed by atoms with E-state index in [1.54, 1.807) is 0 Å². The van der Waals surface area contributed by atoms with E-state index in [0.717, 1.165) is 19.4 Å². The predicted octanol–water partition coefficient (Wildman–Crippen LogP) is 0.627. The Labute approximate surface area is 79.8 Å². The van der Waals surface area contributed by atoms with Gasteiger partial charge in [0.05, 0.1) is 26.4 Å². The fourth-order valence-corrected chi connectivity index (χ4v) is 0.633. The minimum atomic E-state index is 0.0922. The van der Waals surface area contributed by atoms with Crippen LogP contribution in [-0.2, 0) is 14.3 Å². The second kappa shape index (κ2) is 17.6. The lowest BCUT2D eigenvalue weighted by molar-refractivity contribution is -0.0979. The van der Waals surface area contributed by atoms with E-state index in [0.29, 0.717) is 19.8 Å². The zero-order chi connectivity index (χ0) is 10.4. The largest absolute Gasteiger partial charge is 0.394 e. The molecule has 0 heterocycles. The Bertz CT molecular complexity index is 70.0. The summed E-state index contributed by atoms with van der Waals surface area (Å²) >= 11 is 0. The van der Waals surface area contributed by atoms with Crippen molar-refractivity contribution in [2.24, 2.45) is 0 Å². The van der Waals surface area contributed by atoms with Crippen molar-refractivity contribution in [3.05, 3.63) is 0 Å². The third-order valence-electron chi connectivity index (χ3n) is 1.25. The van der Waals surface area contributed by atoms with Crippen LogP contribution in [0.4, 0.5) is 0 Å². The zero-order valence-corrected chi connectivity index (χ0v) is 8.33. The average Bonchev–Trinajstić information content (AvgIpc) is 2.20. The molecule has 0 amide bonds. The van der Waals surface area contributed by atoms with Crippen LogP contribution in [-0.4, -0.2) is 44.9 Å². The number of rotatable bonds is 8. The Morgan fingerprint density at radius 1 is 1.08 bits per heavy atom.